The average Bonchev–Trinajstić information content (AvgIpc) is 2.31. The Hall–Kier alpha value is -1.80. The predicted octanol–water partition coefficient (Wildman–Crippen LogP) is 0.767. The van der Waals surface area contributed by atoms with Gasteiger partial charge in [0, 0.05) is 6.04 Å². The van der Waals surface area contributed by atoms with Crippen LogP contribution in [-0.2, 0) is 14.4 Å². The van der Waals surface area contributed by atoms with E-state index in [2.05, 4.69) is 0 Å². The molecule has 9 heteroatoms. The summed E-state index contributed by atoms with van der Waals surface area (Å²) in [6.07, 6.45) is -4.91. The molecule has 1 atom stereocenters. The first-order chi connectivity index (χ1) is 9.06. The summed E-state index contributed by atoms with van der Waals surface area (Å²) in [6.45, 7) is 1.19. The van der Waals surface area contributed by atoms with Crippen molar-refractivity contribution in [3.63, 3.8) is 0 Å². The van der Waals surface area contributed by atoms with E-state index in [1.165, 1.54) is 0 Å². The third-order valence-electron chi connectivity index (χ3n) is 2.55. The number of carbonyl (C=O) groups excluding carboxylic acids is 2. The number of hydrogen-bond donors (Lipinski definition) is 2. The molecule has 0 bridgehead atoms. The van der Waals surface area contributed by atoms with Gasteiger partial charge in [0.15, 0.2) is 0 Å². The van der Waals surface area contributed by atoms with Crippen molar-refractivity contribution < 1.29 is 32.7 Å². The summed E-state index contributed by atoms with van der Waals surface area (Å²) >= 11 is 0. The maximum atomic E-state index is 11.9. The highest BCUT2D eigenvalue weighted by Gasteiger charge is 2.29. The normalized spacial score (nSPS) is 12.7. The molecule has 0 aromatic heterocycles. The van der Waals surface area contributed by atoms with E-state index in [1.54, 1.807) is 19.2 Å². The average molecular weight is 298 g/mol. The molecule has 0 aliphatic carbocycles. The molecule has 2 N–H and O–H groups in total. The highest BCUT2D eigenvalue weighted by atomic mass is 19.4. The lowest BCUT2D eigenvalue weighted by atomic mass is 10.2. The van der Waals surface area contributed by atoms with Crippen molar-refractivity contribution in [1.82, 2.24) is 10.2 Å². The fraction of sp³-hybridized carbons (Fsp3) is 0.727. The lowest BCUT2D eigenvalue weighted by molar-refractivity contribution is -0.149. The monoisotopic (exact) mass is 298 g/mol. The van der Waals surface area contributed by atoms with Crippen LogP contribution in [0.25, 0.3) is 0 Å². The Labute approximate surface area is 113 Å². The van der Waals surface area contributed by atoms with Gasteiger partial charge in [0.2, 0.25) is 11.8 Å². The summed E-state index contributed by atoms with van der Waals surface area (Å²) in [7, 11) is 0. The Morgan fingerprint density at radius 1 is 1.30 bits per heavy atom. The van der Waals surface area contributed by atoms with Crippen LogP contribution >= 0.6 is 0 Å². The Bertz CT molecular complexity index is 371. The van der Waals surface area contributed by atoms with Crippen LogP contribution in [0, 0.1) is 0 Å². The second kappa shape index (κ2) is 7.71. The Morgan fingerprint density at radius 2 is 1.85 bits per heavy atom. The maximum Gasteiger partial charge on any atom is 0.405 e. The number of carbonyl (C=O) groups is 3. The number of hydrogen-bond acceptors (Lipinski definition) is 3. The molecule has 6 nitrogen and oxygen atoms in total. The van der Waals surface area contributed by atoms with Crippen molar-refractivity contribution in [3.8, 4) is 0 Å². The summed E-state index contributed by atoms with van der Waals surface area (Å²) < 4.78 is 35.6. The third kappa shape index (κ3) is 7.59. The van der Waals surface area contributed by atoms with E-state index in [0.717, 1.165) is 4.90 Å². The molecular formula is C11H17F3N2O4. The van der Waals surface area contributed by atoms with Gasteiger partial charge in [-0.3, -0.25) is 14.4 Å². The van der Waals surface area contributed by atoms with E-state index in [4.69, 9.17) is 5.11 Å². The van der Waals surface area contributed by atoms with Crippen molar-refractivity contribution in [2.24, 2.45) is 0 Å². The van der Waals surface area contributed by atoms with Crippen molar-refractivity contribution >= 4 is 17.8 Å². The molecule has 0 rings (SSSR count). The number of amides is 2. The zero-order valence-corrected chi connectivity index (χ0v) is 11.2. The number of carboxylic acid groups (broad SMARTS) is 1. The summed E-state index contributed by atoms with van der Waals surface area (Å²) in [5.41, 5.74) is 0. The number of nitrogens with zero attached hydrogens (tertiary/aromatic N) is 1. The lowest BCUT2D eigenvalue weighted by Crippen LogP contribution is -2.44. The van der Waals surface area contributed by atoms with E-state index >= 15 is 0 Å². The van der Waals surface area contributed by atoms with Gasteiger partial charge in [-0.05, 0) is 13.3 Å². The van der Waals surface area contributed by atoms with Gasteiger partial charge in [0.05, 0.1) is 0 Å². The fourth-order valence-corrected chi connectivity index (χ4v) is 1.36. The topological polar surface area (TPSA) is 86.7 Å². The van der Waals surface area contributed by atoms with Crippen molar-refractivity contribution in [2.75, 3.05) is 13.1 Å². The van der Waals surface area contributed by atoms with Crippen LogP contribution in [0.15, 0.2) is 0 Å². The summed E-state index contributed by atoms with van der Waals surface area (Å²) in [6, 6.07) is -0.422. The SMILES string of the molecule is CCC(C)N(CC(=O)O)C(=O)CC(=O)NCC(F)(F)F. The largest absolute Gasteiger partial charge is 0.480 e. The Balaban J connectivity index is 4.52. The molecule has 0 saturated heterocycles. The predicted molar refractivity (Wildman–Crippen MR) is 62.8 cm³/mol. The molecule has 116 valence electrons. The van der Waals surface area contributed by atoms with Crippen LogP contribution < -0.4 is 5.32 Å². The molecule has 0 aliphatic heterocycles. The minimum atomic E-state index is -4.56. The van der Waals surface area contributed by atoms with Crippen LogP contribution in [0.2, 0.25) is 0 Å². The second-order valence-electron chi connectivity index (χ2n) is 4.24. The number of rotatable bonds is 7. The van der Waals surface area contributed by atoms with E-state index < -0.39 is 49.5 Å². The van der Waals surface area contributed by atoms with Crippen LogP contribution in [0.3, 0.4) is 0 Å². The fourth-order valence-electron chi connectivity index (χ4n) is 1.36. The Kier molecular flexibility index (Phi) is 7.01. The third-order valence-corrected chi connectivity index (χ3v) is 2.55. The molecule has 0 spiro atoms. The van der Waals surface area contributed by atoms with Crippen LogP contribution in [0.5, 0.6) is 0 Å². The van der Waals surface area contributed by atoms with Gasteiger partial charge in [-0.25, -0.2) is 0 Å². The van der Waals surface area contributed by atoms with Crippen LogP contribution in [0.1, 0.15) is 26.7 Å². The molecule has 2 amide bonds. The number of halogens is 3. The molecule has 0 heterocycles. The van der Waals surface area contributed by atoms with Crippen molar-refractivity contribution in [2.45, 2.75) is 38.9 Å². The minimum absolute atomic E-state index is 0.422. The smallest absolute Gasteiger partial charge is 0.405 e. The van der Waals surface area contributed by atoms with Gasteiger partial charge < -0.3 is 15.3 Å². The summed E-state index contributed by atoms with van der Waals surface area (Å²) in [4.78, 5) is 34.5. The van der Waals surface area contributed by atoms with Gasteiger partial charge in [0.25, 0.3) is 0 Å². The van der Waals surface area contributed by atoms with Crippen LogP contribution in [0.4, 0.5) is 13.2 Å². The number of aliphatic carboxylic acids is 1. The summed E-state index contributed by atoms with van der Waals surface area (Å²) in [5, 5.41) is 10.2. The van der Waals surface area contributed by atoms with E-state index in [-0.39, 0.29) is 0 Å². The highest BCUT2D eigenvalue weighted by molar-refractivity contribution is 5.97. The number of carboxylic acids is 1. The number of alkyl halides is 3. The lowest BCUT2D eigenvalue weighted by Gasteiger charge is -2.26. The molecule has 0 saturated carbocycles. The van der Waals surface area contributed by atoms with Gasteiger partial charge >= 0.3 is 12.1 Å². The van der Waals surface area contributed by atoms with Crippen LogP contribution in [-0.4, -0.2) is 53.1 Å². The molecule has 0 aromatic rings. The quantitative estimate of drug-likeness (QED) is 0.680. The van der Waals surface area contributed by atoms with Gasteiger partial charge in [-0.1, -0.05) is 6.92 Å². The van der Waals surface area contributed by atoms with Crippen molar-refractivity contribution in [3.05, 3.63) is 0 Å². The molecule has 0 aromatic carbocycles. The van der Waals surface area contributed by atoms with E-state index in [9.17, 15) is 27.6 Å². The molecule has 0 radical (unpaired) electrons. The zero-order valence-electron chi connectivity index (χ0n) is 11.2. The Morgan fingerprint density at radius 3 is 2.25 bits per heavy atom. The second-order valence-corrected chi connectivity index (χ2v) is 4.24. The first-order valence-electron chi connectivity index (χ1n) is 5.91. The zero-order chi connectivity index (χ0) is 15.9. The first kappa shape index (κ1) is 18.2. The number of nitrogens with one attached hydrogen (secondary N) is 1. The molecular weight excluding hydrogens is 281 g/mol. The first-order valence-corrected chi connectivity index (χ1v) is 5.91. The summed E-state index contributed by atoms with van der Waals surface area (Å²) in [5.74, 6) is -3.17. The highest BCUT2D eigenvalue weighted by Crippen LogP contribution is 2.12. The van der Waals surface area contributed by atoms with E-state index in [1.807, 2.05) is 0 Å². The molecule has 0 fully saturated rings. The molecule has 20 heavy (non-hydrogen) atoms. The standard InChI is InChI=1S/C11H17F3N2O4/c1-3-7(2)16(5-10(19)20)9(18)4-8(17)15-6-11(12,13)14/h7H,3-6H2,1-2H3,(H,15,17)(H,19,20). The van der Waals surface area contributed by atoms with Crippen molar-refractivity contribution in [1.29, 1.82) is 0 Å². The molecule has 1 unspecified atom stereocenters. The minimum Gasteiger partial charge on any atom is -0.480 e. The maximum absolute atomic E-state index is 11.9. The van der Waals surface area contributed by atoms with Gasteiger partial charge in [-0.15, -0.1) is 0 Å². The molecule has 0 aliphatic rings. The van der Waals surface area contributed by atoms with Gasteiger partial charge in [-0.2, -0.15) is 13.2 Å². The van der Waals surface area contributed by atoms with E-state index in [0.29, 0.717) is 6.42 Å². The van der Waals surface area contributed by atoms with Gasteiger partial charge in [0.1, 0.15) is 19.5 Å².